The molecule has 1 aromatic carbocycles. The predicted octanol–water partition coefficient (Wildman–Crippen LogP) is 2.70. The normalized spacial score (nSPS) is 13.0. The molecule has 0 fully saturated rings. The van der Waals surface area contributed by atoms with Gasteiger partial charge in [-0.2, -0.15) is 0 Å². The minimum atomic E-state index is -0.531. The molecule has 1 radical (unpaired) electrons. The smallest absolute Gasteiger partial charge is 0.0942 e. The molecular weight excluding hydrogens is 160 g/mol. The van der Waals surface area contributed by atoms with Gasteiger partial charge in [0.2, 0.25) is 0 Å². The van der Waals surface area contributed by atoms with Crippen LogP contribution in [0.5, 0.6) is 0 Å². The van der Waals surface area contributed by atoms with Gasteiger partial charge in [0.25, 0.3) is 0 Å². The van der Waals surface area contributed by atoms with E-state index in [0.717, 1.165) is 5.56 Å². The fraction of sp³-hybridized carbons (Fsp3) is 0.333. The third kappa shape index (κ3) is 2.91. The van der Waals surface area contributed by atoms with E-state index >= 15 is 0 Å². The van der Waals surface area contributed by atoms with E-state index in [0.29, 0.717) is 11.4 Å². The summed E-state index contributed by atoms with van der Waals surface area (Å²) >= 11 is 5.67. The number of halogens is 1. The summed E-state index contributed by atoms with van der Waals surface area (Å²) in [6.07, 6.45) is 0.0492. The molecule has 0 spiro atoms. The summed E-state index contributed by atoms with van der Waals surface area (Å²) in [5, 5.41) is 11.5. The summed E-state index contributed by atoms with van der Waals surface area (Å²) in [5.74, 6) is 0. The van der Waals surface area contributed by atoms with E-state index in [9.17, 15) is 5.11 Å². The summed E-state index contributed by atoms with van der Waals surface area (Å²) in [7, 11) is 0. The monoisotopic (exact) mass is 169 g/mol. The molecule has 1 unspecified atom stereocenters. The van der Waals surface area contributed by atoms with E-state index < -0.39 is 6.10 Å². The SMILES string of the molecule is CC([O])Cc1ccc(Cl)cc1. The molecule has 11 heavy (non-hydrogen) atoms. The van der Waals surface area contributed by atoms with Crippen molar-refractivity contribution < 1.29 is 5.11 Å². The summed E-state index contributed by atoms with van der Waals surface area (Å²) in [5.41, 5.74) is 1.05. The van der Waals surface area contributed by atoms with Gasteiger partial charge in [-0.3, -0.25) is 0 Å². The van der Waals surface area contributed by atoms with Crippen LogP contribution in [-0.2, 0) is 11.5 Å². The number of rotatable bonds is 2. The Hall–Kier alpha value is -0.530. The molecule has 1 rings (SSSR count). The molecule has 59 valence electrons. The van der Waals surface area contributed by atoms with E-state index in [2.05, 4.69) is 0 Å². The van der Waals surface area contributed by atoms with Crippen molar-refractivity contribution in [2.24, 2.45) is 0 Å². The minimum Gasteiger partial charge on any atom is -0.233 e. The molecular formula is C9H10ClO. The molecule has 0 heterocycles. The molecule has 0 amide bonds. The van der Waals surface area contributed by atoms with Gasteiger partial charge in [-0.1, -0.05) is 23.7 Å². The molecule has 0 bridgehead atoms. The first-order valence-electron chi connectivity index (χ1n) is 3.59. The third-order valence-corrected chi connectivity index (χ3v) is 1.69. The van der Waals surface area contributed by atoms with E-state index in [1.165, 1.54) is 0 Å². The Balaban J connectivity index is 2.66. The Kier molecular flexibility index (Phi) is 2.92. The van der Waals surface area contributed by atoms with Crippen molar-refractivity contribution in [3.63, 3.8) is 0 Å². The van der Waals surface area contributed by atoms with Gasteiger partial charge in [0.05, 0.1) is 6.10 Å². The highest BCUT2D eigenvalue weighted by molar-refractivity contribution is 6.30. The van der Waals surface area contributed by atoms with Gasteiger partial charge < -0.3 is 0 Å². The Bertz CT molecular complexity index is 216. The molecule has 0 aliphatic rings. The van der Waals surface area contributed by atoms with Crippen LogP contribution >= 0.6 is 11.6 Å². The first-order chi connectivity index (χ1) is 5.18. The van der Waals surface area contributed by atoms with Crippen molar-refractivity contribution in [2.75, 3.05) is 0 Å². The molecule has 0 aliphatic carbocycles. The molecule has 1 nitrogen and oxygen atoms in total. The second-order valence-corrected chi connectivity index (χ2v) is 3.08. The van der Waals surface area contributed by atoms with Crippen molar-refractivity contribution in [3.8, 4) is 0 Å². The highest BCUT2D eigenvalue weighted by Crippen LogP contribution is 2.10. The summed E-state index contributed by atoms with van der Waals surface area (Å²) < 4.78 is 0. The zero-order valence-electron chi connectivity index (χ0n) is 6.38. The molecule has 0 saturated heterocycles. The lowest BCUT2D eigenvalue weighted by atomic mass is 10.1. The van der Waals surface area contributed by atoms with Gasteiger partial charge in [-0.15, -0.1) is 0 Å². The van der Waals surface area contributed by atoms with Crippen LogP contribution in [-0.4, -0.2) is 6.10 Å². The van der Waals surface area contributed by atoms with Crippen LogP contribution in [0.15, 0.2) is 24.3 Å². The first-order valence-corrected chi connectivity index (χ1v) is 3.96. The topological polar surface area (TPSA) is 19.9 Å². The Morgan fingerprint density at radius 1 is 1.36 bits per heavy atom. The quantitative estimate of drug-likeness (QED) is 0.649. The number of hydrogen-bond acceptors (Lipinski definition) is 0. The van der Waals surface area contributed by atoms with Gasteiger partial charge in [0.15, 0.2) is 0 Å². The largest absolute Gasteiger partial charge is 0.233 e. The maximum Gasteiger partial charge on any atom is 0.0942 e. The maximum atomic E-state index is 10.7. The lowest BCUT2D eigenvalue weighted by Gasteiger charge is -2.01. The van der Waals surface area contributed by atoms with Crippen LogP contribution in [0.2, 0.25) is 5.02 Å². The second-order valence-electron chi connectivity index (χ2n) is 2.64. The fourth-order valence-corrected chi connectivity index (χ4v) is 1.08. The van der Waals surface area contributed by atoms with Crippen molar-refractivity contribution in [1.29, 1.82) is 0 Å². The van der Waals surface area contributed by atoms with Crippen molar-refractivity contribution >= 4 is 11.6 Å². The summed E-state index contributed by atoms with van der Waals surface area (Å²) in [6.45, 7) is 1.66. The van der Waals surface area contributed by atoms with E-state index in [1.54, 1.807) is 19.1 Å². The van der Waals surface area contributed by atoms with Crippen LogP contribution in [0.1, 0.15) is 12.5 Å². The van der Waals surface area contributed by atoms with Crippen LogP contribution in [0.4, 0.5) is 0 Å². The van der Waals surface area contributed by atoms with Gasteiger partial charge in [-0.25, -0.2) is 5.11 Å². The zero-order valence-corrected chi connectivity index (χ0v) is 7.14. The number of benzene rings is 1. The van der Waals surface area contributed by atoms with Gasteiger partial charge in [0, 0.05) is 11.4 Å². The van der Waals surface area contributed by atoms with Crippen LogP contribution in [0.25, 0.3) is 0 Å². The van der Waals surface area contributed by atoms with E-state index in [4.69, 9.17) is 11.6 Å². The lowest BCUT2D eigenvalue weighted by Crippen LogP contribution is -2.01. The van der Waals surface area contributed by atoms with Gasteiger partial charge >= 0.3 is 0 Å². The maximum absolute atomic E-state index is 10.7. The van der Waals surface area contributed by atoms with E-state index in [1.807, 2.05) is 12.1 Å². The third-order valence-electron chi connectivity index (χ3n) is 1.44. The highest BCUT2D eigenvalue weighted by atomic mass is 35.5. The summed E-state index contributed by atoms with van der Waals surface area (Å²) in [6, 6.07) is 7.38. The molecule has 0 saturated carbocycles. The van der Waals surface area contributed by atoms with Gasteiger partial charge in [-0.05, 0) is 24.6 Å². The predicted molar refractivity (Wildman–Crippen MR) is 45.3 cm³/mol. The molecule has 0 aliphatic heterocycles. The molecule has 0 N–H and O–H groups in total. The van der Waals surface area contributed by atoms with Crippen LogP contribution in [0.3, 0.4) is 0 Å². The van der Waals surface area contributed by atoms with Gasteiger partial charge in [0.1, 0.15) is 0 Å². The van der Waals surface area contributed by atoms with Crippen LogP contribution < -0.4 is 0 Å². The average molecular weight is 170 g/mol. The zero-order chi connectivity index (χ0) is 8.27. The number of hydrogen-bond donors (Lipinski definition) is 0. The van der Waals surface area contributed by atoms with E-state index in [-0.39, 0.29) is 0 Å². The second kappa shape index (κ2) is 3.74. The standard InChI is InChI=1S/C9H10ClO/c1-7(11)6-8-2-4-9(10)5-3-8/h2-5,7H,6H2,1H3. The highest BCUT2D eigenvalue weighted by Gasteiger charge is 1.99. The Morgan fingerprint density at radius 2 is 1.91 bits per heavy atom. The Labute approximate surface area is 71.6 Å². The molecule has 2 heteroatoms. The van der Waals surface area contributed by atoms with Crippen molar-refractivity contribution in [2.45, 2.75) is 19.4 Å². The van der Waals surface area contributed by atoms with Crippen LogP contribution in [0, 0.1) is 0 Å². The lowest BCUT2D eigenvalue weighted by molar-refractivity contribution is 0.106. The van der Waals surface area contributed by atoms with Crippen molar-refractivity contribution in [1.82, 2.24) is 0 Å². The average Bonchev–Trinajstić information content (AvgIpc) is 1.93. The minimum absolute atomic E-state index is 0.531. The fourth-order valence-electron chi connectivity index (χ4n) is 0.952. The Morgan fingerprint density at radius 3 is 2.36 bits per heavy atom. The summed E-state index contributed by atoms with van der Waals surface area (Å²) in [4.78, 5) is 0. The molecule has 1 aromatic rings. The van der Waals surface area contributed by atoms with Crippen molar-refractivity contribution in [3.05, 3.63) is 34.9 Å². The molecule has 0 aromatic heterocycles. The molecule has 1 atom stereocenters. The first kappa shape index (κ1) is 8.57.